The number of carbonyl (C=O) groups excluding carboxylic acids is 1. The molecule has 0 aliphatic carbocycles. The zero-order valence-electron chi connectivity index (χ0n) is 14.5. The monoisotopic (exact) mass is 355 g/mol. The maximum atomic E-state index is 12.2. The highest BCUT2D eigenvalue weighted by Gasteiger charge is 2.08. The molecule has 0 fully saturated rings. The largest absolute Gasteiger partial charge is 0.352 e. The van der Waals surface area contributed by atoms with Crippen molar-refractivity contribution < 1.29 is 4.79 Å². The van der Waals surface area contributed by atoms with Crippen LogP contribution in [-0.4, -0.2) is 20.9 Å². The number of hydrogen-bond donors (Lipinski definition) is 2. The number of nitrogens with one attached hydrogen (secondary N) is 2. The highest BCUT2D eigenvalue weighted by molar-refractivity contribution is 5.93. The quantitative estimate of drug-likeness (QED) is 0.571. The normalized spacial score (nSPS) is 10.5. The molecule has 27 heavy (non-hydrogen) atoms. The predicted molar refractivity (Wildman–Crippen MR) is 105 cm³/mol. The Balaban J connectivity index is 1.45. The Labute approximate surface area is 156 Å². The van der Waals surface area contributed by atoms with Crippen molar-refractivity contribution in [3.63, 3.8) is 0 Å². The second-order valence-corrected chi connectivity index (χ2v) is 5.98. The van der Waals surface area contributed by atoms with E-state index in [2.05, 4.69) is 25.6 Å². The van der Waals surface area contributed by atoms with Gasteiger partial charge in [-0.15, -0.1) is 0 Å². The number of fused-ring (bicyclic) bond motifs is 1. The van der Waals surface area contributed by atoms with E-state index in [0.717, 1.165) is 27.8 Å². The van der Waals surface area contributed by atoms with Crippen molar-refractivity contribution in [2.24, 2.45) is 0 Å². The van der Waals surface area contributed by atoms with Crippen LogP contribution in [0.2, 0.25) is 0 Å². The fraction of sp³-hybridized carbons (Fsp3) is 0.0476. The molecule has 0 aliphatic heterocycles. The Morgan fingerprint density at radius 2 is 1.74 bits per heavy atom. The first-order valence-electron chi connectivity index (χ1n) is 8.53. The van der Waals surface area contributed by atoms with Crippen molar-refractivity contribution in [1.29, 1.82) is 0 Å². The lowest BCUT2D eigenvalue weighted by Gasteiger charge is -2.09. The van der Waals surface area contributed by atoms with Crippen molar-refractivity contribution in [2.45, 2.75) is 6.54 Å². The highest BCUT2D eigenvalue weighted by Crippen LogP contribution is 2.24. The van der Waals surface area contributed by atoms with Crippen LogP contribution in [0.5, 0.6) is 0 Å². The van der Waals surface area contributed by atoms with E-state index in [4.69, 9.17) is 0 Å². The van der Waals surface area contributed by atoms with E-state index < -0.39 is 0 Å². The van der Waals surface area contributed by atoms with Gasteiger partial charge < -0.3 is 10.6 Å². The van der Waals surface area contributed by atoms with Gasteiger partial charge in [0.1, 0.15) is 5.69 Å². The Kier molecular flexibility index (Phi) is 4.70. The van der Waals surface area contributed by atoms with Crippen LogP contribution < -0.4 is 10.6 Å². The SMILES string of the molecule is O=C(NCc1ccncc1)c1ccc(Nc2cccc3cccnc23)cn1. The standard InChI is InChI=1S/C21H17N5O/c27-21(25-13-15-8-11-22-12-9-15)19-7-6-17(14-24-19)26-18-5-1-3-16-4-2-10-23-20(16)18/h1-12,14,26H,13H2,(H,25,27). The van der Waals surface area contributed by atoms with Gasteiger partial charge in [-0.05, 0) is 42.0 Å². The van der Waals surface area contributed by atoms with Crippen LogP contribution in [-0.2, 0) is 6.54 Å². The zero-order valence-corrected chi connectivity index (χ0v) is 14.5. The molecule has 4 aromatic rings. The lowest BCUT2D eigenvalue weighted by molar-refractivity contribution is 0.0946. The molecule has 0 unspecified atom stereocenters. The Hall–Kier alpha value is -3.80. The first-order chi connectivity index (χ1) is 13.3. The predicted octanol–water partition coefficient (Wildman–Crippen LogP) is 3.70. The van der Waals surface area contributed by atoms with Crippen LogP contribution in [0.15, 0.2) is 79.4 Å². The minimum atomic E-state index is -0.217. The van der Waals surface area contributed by atoms with E-state index in [1.165, 1.54) is 0 Å². The molecule has 0 bridgehead atoms. The van der Waals surface area contributed by atoms with Gasteiger partial charge in [0.05, 0.1) is 23.1 Å². The molecule has 1 amide bonds. The third-order valence-corrected chi connectivity index (χ3v) is 4.11. The van der Waals surface area contributed by atoms with Crippen LogP contribution in [0.4, 0.5) is 11.4 Å². The van der Waals surface area contributed by atoms with Gasteiger partial charge in [0.2, 0.25) is 0 Å². The van der Waals surface area contributed by atoms with Gasteiger partial charge in [0.25, 0.3) is 5.91 Å². The van der Waals surface area contributed by atoms with E-state index >= 15 is 0 Å². The molecule has 0 saturated carbocycles. The summed E-state index contributed by atoms with van der Waals surface area (Å²) in [5.74, 6) is -0.217. The molecular weight excluding hydrogens is 338 g/mol. The van der Waals surface area contributed by atoms with E-state index in [-0.39, 0.29) is 5.91 Å². The smallest absolute Gasteiger partial charge is 0.270 e. The van der Waals surface area contributed by atoms with Crippen molar-refractivity contribution in [3.8, 4) is 0 Å². The Bertz CT molecular complexity index is 1060. The highest BCUT2D eigenvalue weighted by atomic mass is 16.1. The molecule has 132 valence electrons. The maximum Gasteiger partial charge on any atom is 0.270 e. The maximum absolute atomic E-state index is 12.2. The average Bonchev–Trinajstić information content (AvgIpc) is 2.74. The van der Waals surface area contributed by atoms with Gasteiger partial charge in [-0.25, -0.2) is 4.98 Å². The van der Waals surface area contributed by atoms with Crippen molar-refractivity contribution in [2.75, 3.05) is 5.32 Å². The molecule has 0 atom stereocenters. The Morgan fingerprint density at radius 3 is 2.56 bits per heavy atom. The molecule has 6 nitrogen and oxygen atoms in total. The molecule has 1 aromatic carbocycles. The first-order valence-corrected chi connectivity index (χ1v) is 8.53. The number of para-hydroxylation sites is 1. The molecule has 6 heteroatoms. The molecule has 0 saturated heterocycles. The number of rotatable bonds is 5. The molecule has 3 aromatic heterocycles. The van der Waals surface area contributed by atoms with E-state index in [1.807, 2.05) is 48.5 Å². The number of aromatic nitrogens is 3. The summed E-state index contributed by atoms with van der Waals surface area (Å²) < 4.78 is 0. The van der Waals surface area contributed by atoms with E-state index in [1.54, 1.807) is 30.9 Å². The van der Waals surface area contributed by atoms with E-state index in [0.29, 0.717) is 12.2 Å². The second-order valence-electron chi connectivity index (χ2n) is 5.98. The van der Waals surface area contributed by atoms with Crippen LogP contribution in [0, 0.1) is 0 Å². The summed E-state index contributed by atoms with van der Waals surface area (Å²) in [6.45, 7) is 0.435. The summed E-state index contributed by atoms with van der Waals surface area (Å²) in [5.41, 5.74) is 3.92. The second kappa shape index (κ2) is 7.61. The number of hydrogen-bond acceptors (Lipinski definition) is 5. The summed E-state index contributed by atoms with van der Waals surface area (Å²) in [6, 6.07) is 17.1. The zero-order chi connectivity index (χ0) is 18.5. The van der Waals surface area contributed by atoms with Gasteiger partial charge in [-0.3, -0.25) is 14.8 Å². The summed E-state index contributed by atoms with van der Waals surface area (Å²) in [7, 11) is 0. The molecule has 2 N–H and O–H groups in total. The molecule has 0 spiro atoms. The number of anilines is 2. The van der Waals surface area contributed by atoms with Gasteiger partial charge in [-0.2, -0.15) is 0 Å². The fourth-order valence-corrected chi connectivity index (χ4v) is 2.74. The number of pyridine rings is 3. The summed E-state index contributed by atoms with van der Waals surface area (Å²) in [4.78, 5) is 24.9. The number of amides is 1. The Morgan fingerprint density at radius 1 is 0.889 bits per heavy atom. The van der Waals surface area contributed by atoms with Crippen LogP contribution in [0.25, 0.3) is 10.9 Å². The van der Waals surface area contributed by atoms with Gasteiger partial charge >= 0.3 is 0 Å². The topological polar surface area (TPSA) is 79.8 Å². The third-order valence-electron chi connectivity index (χ3n) is 4.11. The molecule has 0 radical (unpaired) electrons. The number of benzene rings is 1. The summed E-state index contributed by atoms with van der Waals surface area (Å²) in [5, 5.41) is 7.21. The minimum Gasteiger partial charge on any atom is -0.352 e. The summed E-state index contributed by atoms with van der Waals surface area (Å²) >= 11 is 0. The van der Waals surface area contributed by atoms with Crippen LogP contribution in [0.1, 0.15) is 16.1 Å². The van der Waals surface area contributed by atoms with E-state index in [9.17, 15) is 4.79 Å². The summed E-state index contributed by atoms with van der Waals surface area (Å²) in [6.07, 6.45) is 6.80. The van der Waals surface area contributed by atoms with Gasteiger partial charge in [0, 0.05) is 30.5 Å². The first kappa shape index (κ1) is 16.7. The van der Waals surface area contributed by atoms with Crippen molar-refractivity contribution in [1.82, 2.24) is 20.3 Å². The lowest BCUT2D eigenvalue weighted by Crippen LogP contribution is -2.23. The lowest BCUT2D eigenvalue weighted by atomic mass is 10.2. The van der Waals surface area contributed by atoms with Crippen molar-refractivity contribution in [3.05, 3.63) is 90.6 Å². The van der Waals surface area contributed by atoms with Crippen molar-refractivity contribution >= 4 is 28.2 Å². The fourth-order valence-electron chi connectivity index (χ4n) is 2.74. The molecule has 0 aliphatic rings. The van der Waals surface area contributed by atoms with Crippen LogP contribution in [0.3, 0.4) is 0 Å². The third kappa shape index (κ3) is 3.90. The van der Waals surface area contributed by atoms with Gasteiger partial charge in [-0.1, -0.05) is 18.2 Å². The van der Waals surface area contributed by atoms with Crippen LogP contribution >= 0.6 is 0 Å². The number of carbonyl (C=O) groups is 1. The number of nitrogens with zero attached hydrogens (tertiary/aromatic N) is 3. The minimum absolute atomic E-state index is 0.217. The molecule has 3 heterocycles. The molecule has 4 rings (SSSR count). The van der Waals surface area contributed by atoms with Gasteiger partial charge in [0.15, 0.2) is 0 Å². The average molecular weight is 355 g/mol. The molecular formula is C21H17N5O.